The predicted octanol–water partition coefficient (Wildman–Crippen LogP) is 2.64. The van der Waals surface area contributed by atoms with E-state index in [9.17, 15) is 9.90 Å². The van der Waals surface area contributed by atoms with Crippen LogP contribution in [-0.2, 0) is 11.3 Å². The van der Waals surface area contributed by atoms with Crippen molar-refractivity contribution in [1.82, 2.24) is 14.8 Å². The Morgan fingerprint density at radius 1 is 1.16 bits per heavy atom. The van der Waals surface area contributed by atoms with Gasteiger partial charge in [0.15, 0.2) is 0 Å². The number of rotatable bonds is 5. The third-order valence-electron chi connectivity index (χ3n) is 5.08. The fraction of sp³-hybridized carbons (Fsp3) is 0.400. The zero-order valence-corrected chi connectivity index (χ0v) is 14.9. The molecule has 0 amide bonds. The normalized spacial score (nSPS) is 17.4. The van der Waals surface area contributed by atoms with Crippen LogP contribution in [0.25, 0.3) is 0 Å². The number of pyridine rings is 1. The SMILES string of the molecule is Cc1cccc([C@H](C(=O)O)N2CCN(Cc3cccnc3)CC2)c1C. The van der Waals surface area contributed by atoms with E-state index < -0.39 is 12.0 Å². The van der Waals surface area contributed by atoms with Crippen molar-refractivity contribution in [3.8, 4) is 0 Å². The Bertz CT molecular complexity index is 725. The number of hydrogen-bond donors (Lipinski definition) is 1. The maximum atomic E-state index is 12.0. The van der Waals surface area contributed by atoms with Gasteiger partial charge in [-0.15, -0.1) is 0 Å². The Morgan fingerprint density at radius 2 is 1.92 bits per heavy atom. The van der Waals surface area contributed by atoms with Gasteiger partial charge >= 0.3 is 5.97 Å². The molecular weight excluding hydrogens is 314 g/mol. The highest BCUT2D eigenvalue weighted by molar-refractivity contribution is 5.76. The molecule has 0 unspecified atom stereocenters. The average Bonchev–Trinajstić information content (AvgIpc) is 2.61. The Balaban J connectivity index is 1.69. The molecule has 2 heterocycles. The number of aromatic nitrogens is 1. The largest absolute Gasteiger partial charge is 0.480 e. The average molecular weight is 339 g/mol. The zero-order valence-electron chi connectivity index (χ0n) is 14.9. The zero-order chi connectivity index (χ0) is 17.8. The molecular formula is C20H25N3O2. The quantitative estimate of drug-likeness (QED) is 0.907. The summed E-state index contributed by atoms with van der Waals surface area (Å²) in [5, 5.41) is 9.83. The smallest absolute Gasteiger partial charge is 0.325 e. The van der Waals surface area contributed by atoms with Crippen LogP contribution in [0.15, 0.2) is 42.7 Å². The van der Waals surface area contributed by atoms with Crippen LogP contribution >= 0.6 is 0 Å². The lowest BCUT2D eigenvalue weighted by atomic mass is 9.96. The molecule has 132 valence electrons. The summed E-state index contributed by atoms with van der Waals surface area (Å²) in [6.07, 6.45) is 3.67. The number of nitrogens with zero attached hydrogens (tertiary/aromatic N) is 3. The molecule has 0 aliphatic carbocycles. The molecule has 5 nitrogen and oxygen atoms in total. The van der Waals surface area contributed by atoms with Gasteiger partial charge in [0.25, 0.3) is 0 Å². The van der Waals surface area contributed by atoms with E-state index in [-0.39, 0.29) is 0 Å². The van der Waals surface area contributed by atoms with E-state index in [4.69, 9.17) is 0 Å². The summed E-state index contributed by atoms with van der Waals surface area (Å²) in [7, 11) is 0. The molecule has 1 saturated heterocycles. The standard InChI is InChI=1S/C20H25N3O2/c1-15-5-3-7-18(16(15)2)19(20(24)25)23-11-9-22(10-12-23)14-17-6-4-8-21-13-17/h3-8,13,19H,9-12,14H2,1-2H3,(H,24,25)/t19-/m1/s1. The molecule has 0 bridgehead atoms. The fourth-order valence-electron chi connectivity index (χ4n) is 3.49. The molecule has 1 N–H and O–H groups in total. The molecule has 2 aromatic rings. The van der Waals surface area contributed by atoms with Gasteiger partial charge in [0.05, 0.1) is 0 Å². The minimum absolute atomic E-state index is 0.569. The Labute approximate surface area is 148 Å². The van der Waals surface area contributed by atoms with Gasteiger partial charge in [-0.3, -0.25) is 19.6 Å². The van der Waals surface area contributed by atoms with Crippen LogP contribution in [0.2, 0.25) is 0 Å². The number of carboxylic acid groups (broad SMARTS) is 1. The van der Waals surface area contributed by atoms with Gasteiger partial charge < -0.3 is 5.11 Å². The molecule has 1 fully saturated rings. The molecule has 25 heavy (non-hydrogen) atoms. The molecule has 0 saturated carbocycles. The molecule has 0 spiro atoms. The Morgan fingerprint density at radius 3 is 2.56 bits per heavy atom. The highest BCUT2D eigenvalue weighted by Crippen LogP contribution is 2.27. The highest BCUT2D eigenvalue weighted by atomic mass is 16.4. The number of aryl methyl sites for hydroxylation is 1. The number of carbonyl (C=O) groups is 1. The minimum atomic E-state index is -0.769. The van der Waals surface area contributed by atoms with Crippen molar-refractivity contribution in [3.05, 3.63) is 65.0 Å². The molecule has 3 rings (SSSR count). The molecule has 1 aromatic heterocycles. The summed E-state index contributed by atoms with van der Waals surface area (Å²) in [6.45, 7) is 8.15. The van der Waals surface area contributed by atoms with Crippen molar-refractivity contribution in [2.24, 2.45) is 0 Å². The van der Waals surface area contributed by atoms with Crippen molar-refractivity contribution in [2.45, 2.75) is 26.4 Å². The Hall–Kier alpha value is -2.24. The lowest BCUT2D eigenvalue weighted by molar-refractivity contribution is -0.144. The fourth-order valence-corrected chi connectivity index (χ4v) is 3.49. The van der Waals surface area contributed by atoms with Crippen LogP contribution in [0, 0.1) is 13.8 Å². The maximum Gasteiger partial charge on any atom is 0.325 e. The van der Waals surface area contributed by atoms with E-state index in [0.29, 0.717) is 0 Å². The van der Waals surface area contributed by atoms with Gasteiger partial charge in [-0.2, -0.15) is 0 Å². The van der Waals surface area contributed by atoms with Gasteiger partial charge in [0.1, 0.15) is 6.04 Å². The van der Waals surface area contributed by atoms with E-state index in [1.807, 2.05) is 44.3 Å². The van der Waals surface area contributed by atoms with Gasteiger partial charge in [-0.25, -0.2) is 0 Å². The number of hydrogen-bond acceptors (Lipinski definition) is 4. The molecule has 1 aliphatic rings. The summed E-state index contributed by atoms with van der Waals surface area (Å²) in [5.41, 5.74) is 4.32. The number of piperazine rings is 1. The molecule has 1 aliphatic heterocycles. The molecule has 5 heteroatoms. The van der Waals surface area contributed by atoms with Crippen molar-refractivity contribution in [3.63, 3.8) is 0 Å². The monoisotopic (exact) mass is 339 g/mol. The molecule has 0 radical (unpaired) electrons. The summed E-state index contributed by atoms with van der Waals surface area (Å²) >= 11 is 0. The van der Waals surface area contributed by atoms with Gasteiger partial charge in [-0.1, -0.05) is 24.3 Å². The lowest BCUT2D eigenvalue weighted by Gasteiger charge is -2.38. The van der Waals surface area contributed by atoms with Crippen molar-refractivity contribution >= 4 is 5.97 Å². The first-order valence-corrected chi connectivity index (χ1v) is 8.70. The van der Waals surface area contributed by atoms with Crippen molar-refractivity contribution < 1.29 is 9.90 Å². The summed E-state index contributed by atoms with van der Waals surface area (Å²) in [4.78, 5) is 20.6. The first-order chi connectivity index (χ1) is 12.1. The molecule has 1 aromatic carbocycles. The van der Waals surface area contributed by atoms with E-state index in [1.54, 1.807) is 6.20 Å². The van der Waals surface area contributed by atoms with Crippen molar-refractivity contribution in [1.29, 1.82) is 0 Å². The number of benzene rings is 1. The van der Waals surface area contributed by atoms with Gasteiger partial charge in [0, 0.05) is 45.1 Å². The first-order valence-electron chi connectivity index (χ1n) is 8.70. The van der Waals surface area contributed by atoms with E-state index >= 15 is 0 Å². The summed E-state index contributed by atoms with van der Waals surface area (Å²) in [6, 6.07) is 9.39. The van der Waals surface area contributed by atoms with Crippen LogP contribution < -0.4 is 0 Å². The second kappa shape index (κ2) is 7.76. The van der Waals surface area contributed by atoms with E-state index in [0.717, 1.165) is 49.4 Å². The second-order valence-electron chi connectivity index (χ2n) is 6.70. The third kappa shape index (κ3) is 4.06. The predicted molar refractivity (Wildman–Crippen MR) is 97.4 cm³/mol. The van der Waals surface area contributed by atoms with Gasteiger partial charge in [0.2, 0.25) is 0 Å². The lowest BCUT2D eigenvalue weighted by Crippen LogP contribution is -2.49. The third-order valence-corrected chi connectivity index (χ3v) is 5.08. The van der Waals surface area contributed by atoms with E-state index in [2.05, 4.69) is 20.9 Å². The molecule has 1 atom stereocenters. The van der Waals surface area contributed by atoms with Crippen LogP contribution in [-0.4, -0.2) is 52.0 Å². The summed E-state index contributed by atoms with van der Waals surface area (Å²) < 4.78 is 0. The van der Waals surface area contributed by atoms with E-state index in [1.165, 1.54) is 5.56 Å². The minimum Gasteiger partial charge on any atom is -0.480 e. The first kappa shape index (κ1) is 17.6. The second-order valence-corrected chi connectivity index (χ2v) is 6.70. The van der Waals surface area contributed by atoms with Crippen molar-refractivity contribution in [2.75, 3.05) is 26.2 Å². The van der Waals surface area contributed by atoms with Crippen LogP contribution in [0.3, 0.4) is 0 Å². The number of aliphatic carboxylic acids is 1. The summed E-state index contributed by atoms with van der Waals surface area (Å²) in [5.74, 6) is -0.769. The van der Waals surface area contributed by atoms with Crippen LogP contribution in [0.1, 0.15) is 28.3 Å². The highest BCUT2D eigenvalue weighted by Gasteiger charge is 2.31. The van der Waals surface area contributed by atoms with Crippen LogP contribution in [0.5, 0.6) is 0 Å². The van der Waals surface area contributed by atoms with Gasteiger partial charge in [-0.05, 0) is 42.2 Å². The maximum absolute atomic E-state index is 12.0. The Kier molecular flexibility index (Phi) is 5.46. The topological polar surface area (TPSA) is 56.7 Å². The van der Waals surface area contributed by atoms with Crippen LogP contribution in [0.4, 0.5) is 0 Å². The number of carboxylic acids is 1.